The first-order valence-corrected chi connectivity index (χ1v) is 12.3. The van der Waals surface area contributed by atoms with E-state index in [4.69, 9.17) is 4.74 Å². The number of rotatable bonds is 6. The Bertz CT molecular complexity index is 684. The molecule has 1 unspecified atom stereocenters. The Morgan fingerprint density at radius 3 is 2.42 bits per heavy atom. The van der Waals surface area contributed by atoms with Crippen LogP contribution in [-0.2, 0) is 11.3 Å². The fourth-order valence-corrected chi connectivity index (χ4v) is 5.02. The van der Waals surface area contributed by atoms with Crippen LogP contribution in [0.5, 0.6) is 0 Å². The number of aliphatic imine (C=N–C) groups is 1. The summed E-state index contributed by atoms with van der Waals surface area (Å²) in [6.45, 7) is 11.0. The molecule has 0 radical (unpaired) electrons. The van der Waals surface area contributed by atoms with Crippen molar-refractivity contribution in [3.05, 3.63) is 29.8 Å². The highest BCUT2D eigenvalue weighted by Gasteiger charge is 2.24. The van der Waals surface area contributed by atoms with Crippen molar-refractivity contribution in [2.24, 2.45) is 16.8 Å². The van der Waals surface area contributed by atoms with E-state index in [0.29, 0.717) is 6.04 Å². The molecule has 3 fully saturated rings. The molecule has 6 nitrogen and oxygen atoms in total. The van der Waals surface area contributed by atoms with E-state index < -0.39 is 0 Å². The number of anilines is 1. The number of piperidine rings is 2. The minimum Gasteiger partial charge on any atom is -0.381 e. The van der Waals surface area contributed by atoms with Crippen LogP contribution >= 0.6 is 0 Å². The fraction of sp³-hybridized carbons (Fsp3) is 0.720. The van der Waals surface area contributed by atoms with Gasteiger partial charge in [0, 0.05) is 64.7 Å². The van der Waals surface area contributed by atoms with Gasteiger partial charge in [-0.3, -0.25) is 4.99 Å². The quantitative estimate of drug-likeness (QED) is 0.540. The van der Waals surface area contributed by atoms with Crippen LogP contribution in [0.2, 0.25) is 0 Å². The van der Waals surface area contributed by atoms with Crippen LogP contribution in [0.15, 0.2) is 29.3 Å². The second kappa shape index (κ2) is 11.2. The summed E-state index contributed by atoms with van der Waals surface area (Å²) < 4.78 is 5.53. The summed E-state index contributed by atoms with van der Waals surface area (Å²) in [5, 5.41) is 7.14. The molecular formula is C25H41N5O. The van der Waals surface area contributed by atoms with Crippen LogP contribution in [0.1, 0.15) is 44.6 Å². The third-order valence-electron chi connectivity index (χ3n) is 7.24. The van der Waals surface area contributed by atoms with Gasteiger partial charge in [-0.15, -0.1) is 0 Å². The lowest BCUT2D eigenvalue weighted by molar-refractivity contribution is 0.150. The van der Waals surface area contributed by atoms with Gasteiger partial charge in [-0.05, 0) is 61.6 Å². The highest BCUT2D eigenvalue weighted by molar-refractivity contribution is 5.80. The van der Waals surface area contributed by atoms with E-state index in [1.165, 1.54) is 76.1 Å². The van der Waals surface area contributed by atoms with Gasteiger partial charge in [0.2, 0.25) is 0 Å². The SMILES string of the molecule is CN=C(NCc1ccc(N2CCC(C)CC2)cc1)NC1CCN(CC2CCOC2)CC1. The van der Waals surface area contributed by atoms with Crippen molar-refractivity contribution in [2.45, 2.75) is 51.6 Å². The monoisotopic (exact) mass is 427 g/mol. The Morgan fingerprint density at radius 2 is 1.77 bits per heavy atom. The molecule has 172 valence electrons. The van der Waals surface area contributed by atoms with E-state index in [1.807, 2.05) is 7.05 Å². The Balaban J connectivity index is 1.17. The molecule has 31 heavy (non-hydrogen) atoms. The molecule has 0 spiro atoms. The van der Waals surface area contributed by atoms with Gasteiger partial charge in [-0.1, -0.05) is 19.1 Å². The zero-order valence-corrected chi connectivity index (χ0v) is 19.5. The second-order valence-electron chi connectivity index (χ2n) is 9.71. The van der Waals surface area contributed by atoms with Crippen molar-refractivity contribution in [2.75, 3.05) is 57.9 Å². The molecule has 0 bridgehead atoms. The average molecular weight is 428 g/mol. The normalized spacial score (nSPS) is 24.5. The predicted octanol–water partition coefficient (Wildman–Crippen LogP) is 3.09. The maximum Gasteiger partial charge on any atom is 0.191 e. The summed E-state index contributed by atoms with van der Waals surface area (Å²) in [5.41, 5.74) is 2.65. The van der Waals surface area contributed by atoms with Gasteiger partial charge < -0.3 is 25.2 Å². The van der Waals surface area contributed by atoms with Crippen LogP contribution in [0.3, 0.4) is 0 Å². The number of hydrogen-bond donors (Lipinski definition) is 2. The predicted molar refractivity (Wildman–Crippen MR) is 129 cm³/mol. The van der Waals surface area contributed by atoms with Crippen LogP contribution in [-0.4, -0.2) is 69.9 Å². The van der Waals surface area contributed by atoms with E-state index in [2.05, 4.69) is 56.6 Å². The molecule has 0 saturated carbocycles. The minimum atomic E-state index is 0.506. The topological polar surface area (TPSA) is 52.1 Å². The van der Waals surface area contributed by atoms with E-state index >= 15 is 0 Å². The summed E-state index contributed by atoms with van der Waals surface area (Å²) in [5.74, 6) is 2.52. The van der Waals surface area contributed by atoms with Crippen LogP contribution in [0.25, 0.3) is 0 Å². The number of nitrogens with zero attached hydrogens (tertiary/aromatic N) is 3. The van der Waals surface area contributed by atoms with Gasteiger partial charge in [-0.25, -0.2) is 0 Å². The smallest absolute Gasteiger partial charge is 0.191 e. The van der Waals surface area contributed by atoms with Gasteiger partial charge in [-0.2, -0.15) is 0 Å². The first-order valence-electron chi connectivity index (χ1n) is 12.3. The third-order valence-corrected chi connectivity index (χ3v) is 7.24. The molecule has 3 aliphatic rings. The lowest BCUT2D eigenvalue weighted by Gasteiger charge is -2.34. The highest BCUT2D eigenvalue weighted by atomic mass is 16.5. The number of nitrogens with one attached hydrogen (secondary N) is 2. The van der Waals surface area contributed by atoms with Gasteiger partial charge in [0.05, 0.1) is 6.61 Å². The summed E-state index contributed by atoms with van der Waals surface area (Å²) in [6, 6.07) is 9.55. The Morgan fingerprint density at radius 1 is 1.03 bits per heavy atom. The zero-order valence-electron chi connectivity index (χ0n) is 19.5. The molecule has 3 saturated heterocycles. The fourth-order valence-electron chi connectivity index (χ4n) is 5.02. The minimum absolute atomic E-state index is 0.506. The molecule has 1 aromatic rings. The number of likely N-dealkylation sites (tertiary alicyclic amines) is 1. The Kier molecular flexibility index (Phi) is 8.09. The van der Waals surface area contributed by atoms with Gasteiger partial charge in [0.15, 0.2) is 5.96 Å². The van der Waals surface area contributed by atoms with Crippen LogP contribution < -0.4 is 15.5 Å². The van der Waals surface area contributed by atoms with Crippen molar-refractivity contribution in [1.29, 1.82) is 0 Å². The molecule has 3 aliphatic heterocycles. The molecule has 6 heteroatoms. The molecule has 1 aromatic carbocycles. The molecule has 1 atom stereocenters. The number of hydrogen-bond acceptors (Lipinski definition) is 4. The van der Waals surface area contributed by atoms with Crippen molar-refractivity contribution >= 4 is 11.6 Å². The lowest BCUT2D eigenvalue weighted by atomic mass is 9.99. The molecule has 4 rings (SSSR count). The molecule has 0 amide bonds. The average Bonchev–Trinajstić information content (AvgIpc) is 3.32. The van der Waals surface area contributed by atoms with Gasteiger partial charge >= 0.3 is 0 Å². The van der Waals surface area contributed by atoms with Crippen molar-refractivity contribution in [3.63, 3.8) is 0 Å². The standard InChI is InChI=1S/C25H41N5O/c1-20-7-14-30(15-8-20)24-5-3-21(4-6-24)17-27-25(26-2)28-23-9-12-29(13-10-23)18-22-11-16-31-19-22/h3-6,20,22-23H,7-19H2,1-2H3,(H2,26,27,28). The van der Waals surface area contributed by atoms with Crippen molar-refractivity contribution < 1.29 is 4.74 Å². The Labute approximate surface area is 188 Å². The van der Waals surface area contributed by atoms with E-state index in [1.54, 1.807) is 0 Å². The molecule has 0 aliphatic carbocycles. The summed E-state index contributed by atoms with van der Waals surface area (Å²) >= 11 is 0. The second-order valence-corrected chi connectivity index (χ2v) is 9.71. The number of guanidine groups is 1. The van der Waals surface area contributed by atoms with Gasteiger partial charge in [0.1, 0.15) is 0 Å². The first-order chi connectivity index (χ1) is 15.2. The summed E-state index contributed by atoms with van der Waals surface area (Å²) in [4.78, 5) is 9.58. The zero-order chi connectivity index (χ0) is 21.5. The van der Waals surface area contributed by atoms with E-state index in [9.17, 15) is 0 Å². The van der Waals surface area contributed by atoms with Crippen LogP contribution in [0.4, 0.5) is 5.69 Å². The largest absolute Gasteiger partial charge is 0.381 e. The van der Waals surface area contributed by atoms with Crippen molar-refractivity contribution in [3.8, 4) is 0 Å². The van der Waals surface area contributed by atoms with Crippen molar-refractivity contribution in [1.82, 2.24) is 15.5 Å². The number of ether oxygens (including phenoxy) is 1. The van der Waals surface area contributed by atoms with E-state index in [0.717, 1.165) is 37.6 Å². The molecule has 0 aromatic heterocycles. The first kappa shape index (κ1) is 22.4. The molecule has 2 N–H and O–H groups in total. The highest BCUT2D eigenvalue weighted by Crippen LogP contribution is 2.23. The van der Waals surface area contributed by atoms with Crippen LogP contribution in [0, 0.1) is 11.8 Å². The van der Waals surface area contributed by atoms with E-state index in [-0.39, 0.29) is 0 Å². The molecule has 3 heterocycles. The maximum absolute atomic E-state index is 5.53. The molecular weight excluding hydrogens is 386 g/mol. The maximum atomic E-state index is 5.53. The Hall–Kier alpha value is -1.79. The van der Waals surface area contributed by atoms with Gasteiger partial charge in [0.25, 0.3) is 0 Å². The number of benzene rings is 1. The lowest BCUT2D eigenvalue weighted by Crippen LogP contribution is -2.49. The summed E-state index contributed by atoms with van der Waals surface area (Å²) in [6.07, 6.45) is 6.19. The summed E-state index contributed by atoms with van der Waals surface area (Å²) in [7, 11) is 1.87. The third kappa shape index (κ3) is 6.59.